The summed E-state index contributed by atoms with van der Waals surface area (Å²) in [6.07, 6.45) is 2.63. The number of aromatic nitrogens is 2. The SMILES string of the molecule is CC1CCN(Cc2csc(NC(=O)Cc3csc(NC(=O)C(C)C)n3)n2)CC1. The number of hydrogen-bond acceptors (Lipinski definition) is 7. The van der Waals surface area contributed by atoms with E-state index >= 15 is 0 Å². The Labute approximate surface area is 173 Å². The molecule has 0 saturated carbocycles. The number of carbonyl (C=O) groups excluding carboxylic acids is 2. The van der Waals surface area contributed by atoms with E-state index in [2.05, 4.69) is 32.4 Å². The Balaban J connectivity index is 1.47. The van der Waals surface area contributed by atoms with Gasteiger partial charge in [-0.15, -0.1) is 22.7 Å². The molecule has 3 rings (SSSR count). The second-order valence-electron chi connectivity index (χ2n) is 7.62. The maximum Gasteiger partial charge on any atom is 0.232 e. The molecule has 0 atom stereocenters. The molecule has 1 fully saturated rings. The fourth-order valence-electron chi connectivity index (χ4n) is 2.91. The molecule has 2 amide bonds. The third-order valence-corrected chi connectivity index (χ3v) is 6.32. The van der Waals surface area contributed by atoms with Gasteiger partial charge in [-0.05, 0) is 31.8 Å². The lowest BCUT2D eigenvalue weighted by molar-refractivity contribution is -0.119. The molecule has 1 aliphatic rings. The molecule has 7 nitrogen and oxygen atoms in total. The van der Waals surface area contributed by atoms with E-state index in [0.717, 1.165) is 31.2 Å². The first kappa shape index (κ1) is 20.9. The van der Waals surface area contributed by atoms with Gasteiger partial charge in [0.25, 0.3) is 0 Å². The summed E-state index contributed by atoms with van der Waals surface area (Å²) in [5.74, 6) is 0.470. The number of thiazole rings is 2. The molecule has 28 heavy (non-hydrogen) atoms. The van der Waals surface area contributed by atoms with Crippen molar-refractivity contribution in [3.05, 3.63) is 22.1 Å². The van der Waals surface area contributed by atoms with Crippen molar-refractivity contribution < 1.29 is 9.59 Å². The summed E-state index contributed by atoms with van der Waals surface area (Å²) >= 11 is 2.78. The molecular weight excluding hydrogens is 394 g/mol. The first-order valence-electron chi connectivity index (χ1n) is 9.61. The van der Waals surface area contributed by atoms with Crippen LogP contribution in [-0.2, 0) is 22.6 Å². The molecule has 2 aromatic heterocycles. The molecule has 152 valence electrons. The Hall–Kier alpha value is -1.84. The summed E-state index contributed by atoms with van der Waals surface area (Å²) in [4.78, 5) is 35.3. The van der Waals surface area contributed by atoms with Gasteiger partial charge in [0.15, 0.2) is 10.3 Å². The van der Waals surface area contributed by atoms with E-state index in [1.54, 1.807) is 5.38 Å². The Kier molecular flexibility index (Phi) is 7.14. The van der Waals surface area contributed by atoms with Gasteiger partial charge in [0.1, 0.15) is 0 Å². The number of amides is 2. The fraction of sp³-hybridized carbons (Fsp3) is 0.579. The summed E-state index contributed by atoms with van der Waals surface area (Å²) in [6.45, 7) is 9.01. The fourth-order valence-corrected chi connectivity index (χ4v) is 4.34. The molecule has 2 aromatic rings. The van der Waals surface area contributed by atoms with Crippen molar-refractivity contribution in [1.82, 2.24) is 14.9 Å². The van der Waals surface area contributed by atoms with Gasteiger partial charge in [0, 0.05) is 23.2 Å². The van der Waals surface area contributed by atoms with E-state index in [1.807, 2.05) is 19.2 Å². The summed E-state index contributed by atoms with van der Waals surface area (Å²) in [6, 6.07) is 0. The Morgan fingerprint density at radius 3 is 2.39 bits per heavy atom. The summed E-state index contributed by atoms with van der Waals surface area (Å²) in [7, 11) is 0. The van der Waals surface area contributed by atoms with E-state index in [1.165, 1.54) is 35.5 Å². The quantitative estimate of drug-likeness (QED) is 0.713. The summed E-state index contributed by atoms with van der Waals surface area (Å²) < 4.78 is 0. The molecule has 1 aliphatic heterocycles. The van der Waals surface area contributed by atoms with E-state index < -0.39 is 0 Å². The minimum absolute atomic E-state index is 0.0798. The molecule has 2 N–H and O–H groups in total. The Morgan fingerprint density at radius 2 is 1.71 bits per heavy atom. The van der Waals surface area contributed by atoms with Crippen molar-refractivity contribution in [3.8, 4) is 0 Å². The number of anilines is 2. The average Bonchev–Trinajstić information content (AvgIpc) is 3.26. The van der Waals surface area contributed by atoms with Crippen molar-refractivity contribution in [3.63, 3.8) is 0 Å². The lowest BCUT2D eigenvalue weighted by atomic mass is 9.99. The average molecular weight is 422 g/mol. The molecular formula is C19H27N5O2S2. The van der Waals surface area contributed by atoms with E-state index in [4.69, 9.17) is 0 Å². The second-order valence-corrected chi connectivity index (χ2v) is 9.33. The standard InChI is InChI=1S/C19H27N5O2S2/c1-12(2)17(26)23-19-20-14(10-27-19)8-16(25)22-18-21-15(11-28-18)9-24-6-4-13(3)5-7-24/h10-13H,4-9H2,1-3H3,(H,20,23,26)(H,21,22,25). The van der Waals surface area contributed by atoms with Crippen LogP contribution in [0.3, 0.4) is 0 Å². The second kappa shape index (κ2) is 9.58. The van der Waals surface area contributed by atoms with Gasteiger partial charge in [-0.1, -0.05) is 20.8 Å². The first-order valence-corrected chi connectivity index (χ1v) is 11.4. The lowest BCUT2D eigenvalue weighted by Gasteiger charge is -2.29. The number of hydrogen-bond donors (Lipinski definition) is 2. The van der Waals surface area contributed by atoms with Crippen molar-refractivity contribution in [2.75, 3.05) is 23.7 Å². The lowest BCUT2D eigenvalue weighted by Crippen LogP contribution is -2.32. The molecule has 9 heteroatoms. The normalized spacial score (nSPS) is 15.7. The smallest absolute Gasteiger partial charge is 0.232 e. The van der Waals surface area contributed by atoms with Crippen LogP contribution in [0, 0.1) is 11.8 Å². The minimum atomic E-state index is -0.153. The van der Waals surface area contributed by atoms with Gasteiger partial charge in [0.05, 0.1) is 17.8 Å². The molecule has 0 spiro atoms. The van der Waals surface area contributed by atoms with Gasteiger partial charge in [-0.3, -0.25) is 14.5 Å². The highest BCUT2D eigenvalue weighted by Crippen LogP contribution is 2.22. The predicted molar refractivity (Wildman–Crippen MR) is 114 cm³/mol. The topological polar surface area (TPSA) is 87.2 Å². The monoisotopic (exact) mass is 421 g/mol. The van der Waals surface area contributed by atoms with Crippen LogP contribution in [0.5, 0.6) is 0 Å². The van der Waals surface area contributed by atoms with Crippen LogP contribution in [0.4, 0.5) is 10.3 Å². The molecule has 3 heterocycles. The highest BCUT2D eigenvalue weighted by molar-refractivity contribution is 7.14. The first-order chi connectivity index (χ1) is 13.4. The van der Waals surface area contributed by atoms with Crippen LogP contribution in [0.2, 0.25) is 0 Å². The zero-order chi connectivity index (χ0) is 20.1. The predicted octanol–water partition coefficient (Wildman–Crippen LogP) is 3.61. The number of piperidine rings is 1. The molecule has 1 saturated heterocycles. The van der Waals surface area contributed by atoms with Crippen molar-refractivity contribution in [1.29, 1.82) is 0 Å². The Bertz CT molecular complexity index is 809. The number of rotatable bonds is 7. The van der Waals surface area contributed by atoms with E-state index in [9.17, 15) is 9.59 Å². The third kappa shape index (κ3) is 6.08. The zero-order valence-corrected chi connectivity index (χ0v) is 18.2. The zero-order valence-electron chi connectivity index (χ0n) is 16.5. The number of carbonyl (C=O) groups is 2. The van der Waals surface area contributed by atoms with Crippen LogP contribution in [0.25, 0.3) is 0 Å². The molecule has 0 bridgehead atoms. The van der Waals surface area contributed by atoms with Gasteiger partial charge in [0.2, 0.25) is 11.8 Å². The minimum Gasteiger partial charge on any atom is -0.302 e. The molecule has 0 radical (unpaired) electrons. The largest absolute Gasteiger partial charge is 0.302 e. The molecule has 0 aliphatic carbocycles. The summed E-state index contributed by atoms with van der Waals surface area (Å²) in [5, 5.41) is 10.5. The van der Waals surface area contributed by atoms with Gasteiger partial charge in [-0.2, -0.15) is 0 Å². The maximum atomic E-state index is 12.3. The van der Waals surface area contributed by atoms with E-state index in [0.29, 0.717) is 16.0 Å². The van der Waals surface area contributed by atoms with Gasteiger partial charge >= 0.3 is 0 Å². The van der Waals surface area contributed by atoms with Crippen molar-refractivity contribution in [2.45, 2.75) is 46.6 Å². The van der Waals surface area contributed by atoms with Crippen LogP contribution in [-0.4, -0.2) is 39.8 Å². The number of nitrogens with zero attached hydrogens (tertiary/aromatic N) is 3. The third-order valence-electron chi connectivity index (χ3n) is 4.71. The van der Waals surface area contributed by atoms with Crippen molar-refractivity contribution >= 4 is 44.8 Å². The van der Waals surface area contributed by atoms with Gasteiger partial charge < -0.3 is 10.6 Å². The van der Waals surface area contributed by atoms with Crippen LogP contribution >= 0.6 is 22.7 Å². The van der Waals surface area contributed by atoms with Crippen LogP contribution in [0.15, 0.2) is 10.8 Å². The number of likely N-dealkylation sites (tertiary alicyclic amines) is 1. The highest BCUT2D eigenvalue weighted by atomic mass is 32.1. The Morgan fingerprint density at radius 1 is 1.11 bits per heavy atom. The molecule has 0 aromatic carbocycles. The highest BCUT2D eigenvalue weighted by Gasteiger charge is 2.17. The maximum absolute atomic E-state index is 12.3. The van der Waals surface area contributed by atoms with Crippen molar-refractivity contribution in [2.24, 2.45) is 11.8 Å². The number of nitrogens with one attached hydrogen (secondary N) is 2. The van der Waals surface area contributed by atoms with Crippen LogP contribution < -0.4 is 10.6 Å². The molecule has 0 unspecified atom stereocenters. The van der Waals surface area contributed by atoms with Crippen LogP contribution in [0.1, 0.15) is 45.0 Å². The van der Waals surface area contributed by atoms with E-state index in [-0.39, 0.29) is 24.2 Å². The van der Waals surface area contributed by atoms with Gasteiger partial charge in [-0.25, -0.2) is 9.97 Å². The summed E-state index contributed by atoms with van der Waals surface area (Å²) in [5.41, 5.74) is 1.64.